The lowest BCUT2D eigenvalue weighted by Gasteiger charge is -2.12. The van der Waals surface area contributed by atoms with Crippen LogP contribution in [0, 0.1) is 0 Å². The smallest absolute Gasteiger partial charge is 0.259 e. The number of methoxy groups -OCH3 is 1. The standard InChI is InChI=1S/C17H14ClN3O4S/c1-25-15-6-5-10(26(19,23)24)9-12(15)17(22)21-14-7-8-20-16-11(14)3-2-4-13(16)18/h2-9H,1H3,(H2,19,23,24)(H,20,21,22). The lowest BCUT2D eigenvalue weighted by atomic mass is 10.1. The van der Waals surface area contributed by atoms with Crippen LogP contribution in [0.4, 0.5) is 5.69 Å². The molecule has 0 unspecified atom stereocenters. The number of benzene rings is 2. The molecule has 0 saturated carbocycles. The first-order chi connectivity index (χ1) is 12.3. The minimum Gasteiger partial charge on any atom is -0.496 e. The first-order valence-corrected chi connectivity index (χ1v) is 9.29. The fraction of sp³-hybridized carbons (Fsp3) is 0.0588. The number of amides is 1. The van der Waals surface area contributed by atoms with E-state index in [-0.39, 0.29) is 16.2 Å². The third-order valence-corrected chi connectivity index (χ3v) is 4.93. The van der Waals surface area contributed by atoms with Gasteiger partial charge in [0.1, 0.15) is 5.75 Å². The van der Waals surface area contributed by atoms with Gasteiger partial charge in [0.25, 0.3) is 5.91 Å². The van der Waals surface area contributed by atoms with E-state index in [2.05, 4.69) is 10.3 Å². The number of sulfonamides is 1. The minimum atomic E-state index is -3.96. The van der Waals surface area contributed by atoms with Gasteiger partial charge in [-0.05, 0) is 30.3 Å². The Labute approximate surface area is 154 Å². The van der Waals surface area contributed by atoms with Crippen molar-refractivity contribution in [2.45, 2.75) is 4.90 Å². The predicted molar refractivity (Wildman–Crippen MR) is 99.1 cm³/mol. The molecule has 0 aliphatic heterocycles. The fourth-order valence-electron chi connectivity index (χ4n) is 2.48. The number of halogens is 1. The topological polar surface area (TPSA) is 111 Å². The van der Waals surface area contributed by atoms with Crippen LogP contribution in [-0.2, 0) is 10.0 Å². The van der Waals surface area contributed by atoms with Gasteiger partial charge in [0.05, 0.1) is 33.8 Å². The molecule has 0 aliphatic carbocycles. The summed E-state index contributed by atoms with van der Waals surface area (Å²) in [7, 11) is -2.58. The van der Waals surface area contributed by atoms with Gasteiger partial charge in [-0.15, -0.1) is 0 Å². The second-order valence-electron chi connectivity index (χ2n) is 5.36. The number of nitrogens with two attached hydrogens (primary N) is 1. The number of pyridine rings is 1. The molecular weight excluding hydrogens is 378 g/mol. The Kier molecular flexibility index (Phi) is 4.82. The Morgan fingerprint density at radius 2 is 2.00 bits per heavy atom. The summed E-state index contributed by atoms with van der Waals surface area (Å²) in [6, 6.07) is 10.6. The van der Waals surface area contributed by atoms with Gasteiger partial charge in [0.15, 0.2) is 0 Å². The van der Waals surface area contributed by atoms with E-state index in [9.17, 15) is 13.2 Å². The van der Waals surface area contributed by atoms with Crippen LogP contribution in [0.15, 0.2) is 53.6 Å². The van der Waals surface area contributed by atoms with Gasteiger partial charge in [-0.3, -0.25) is 9.78 Å². The van der Waals surface area contributed by atoms with E-state index in [0.29, 0.717) is 21.6 Å². The zero-order chi connectivity index (χ0) is 18.9. The molecule has 1 aromatic heterocycles. The highest BCUT2D eigenvalue weighted by Crippen LogP contribution is 2.28. The number of aromatic nitrogens is 1. The number of nitrogens with one attached hydrogen (secondary N) is 1. The summed E-state index contributed by atoms with van der Waals surface area (Å²) in [5, 5.41) is 8.97. The summed E-state index contributed by atoms with van der Waals surface area (Å²) in [4.78, 5) is 16.7. The Morgan fingerprint density at radius 1 is 1.23 bits per heavy atom. The number of carbonyl (C=O) groups excluding carboxylic acids is 1. The lowest BCUT2D eigenvalue weighted by molar-refractivity contribution is 0.102. The van der Waals surface area contributed by atoms with E-state index in [1.165, 1.54) is 31.5 Å². The molecule has 0 atom stereocenters. The number of nitrogens with zero attached hydrogens (tertiary/aromatic N) is 1. The SMILES string of the molecule is COc1ccc(S(N)(=O)=O)cc1C(=O)Nc1ccnc2c(Cl)cccc12. The maximum absolute atomic E-state index is 12.7. The van der Waals surface area contributed by atoms with Gasteiger partial charge in [0.2, 0.25) is 10.0 Å². The highest BCUT2D eigenvalue weighted by atomic mass is 35.5. The number of para-hydroxylation sites is 1. The zero-order valence-corrected chi connectivity index (χ0v) is 15.1. The molecule has 0 fully saturated rings. The van der Waals surface area contributed by atoms with Crippen molar-refractivity contribution < 1.29 is 17.9 Å². The van der Waals surface area contributed by atoms with E-state index in [1.807, 2.05) is 0 Å². The van der Waals surface area contributed by atoms with Gasteiger partial charge in [-0.2, -0.15) is 0 Å². The monoisotopic (exact) mass is 391 g/mol. The normalized spacial score (nSPS) is 11.3. The second-order valence-corrected chi connectivity index (χ2v) is 7.32. The van der Waals surface area contributed by atoms with E-state index in [0.717, 1.165) is 0 Å². The first-order valence-electron chi connectivity index (χ1n) is 7.36. The van der Waals surface area contributed by atoms with E-state index in [4.69, 9.17) is 21.5 Å². The molecule has 26 heavy (non-hydrogen) atoms. The van der Waals surface area contributed by atoms with Crippen LogP contribution in [0.2, 0.25) is 5.02 Å². The highest BCUT2D eigenvalue weighted by Gasteiger charge is 2.18. The summed E-state index contributed by atoms with van der Waals surface area (Å²) in [6.07, 6.45) is 1.52. The molecule has 3 rings (SSSR count). The Morgan fingerprint density at radius 3 is 2.69 bits per heavy atom. The molecule has 9 heteroatoms. The van der Waals surface area contributed by atoms with Crippen molar-refractivity contribution in [2.75, 3.05) is 12.4 Å². The van der Waals surface area contributed by atoms with E-state index >= 15 is 0 Å². The van der Waals surface area contributed by atoms with E-state index in [1.54, 1.807) is 24.3 Å². The summed E-state index contributed by atoms with van der Waals surface area (Å²) in [5.74, 6) is -0.342. The molecule has 0 bridgehead atoms. The van der Waals surface area contributed by atoms with Crippen molar-refractivity contribution in [1.29, 1.82) is 0 Å². The lowest BCUT2D eigenvalue weighted by Crippen LogP contribution is -2.17. The van der Waals surface area contributed by atoms with Crippen molar-refractivity contribution >= 4 is 44.1 Å². The number of hydrogen-bond acceptors (Lipinski definition) is 5. The first kappa shape index (κ1) is 18.1. The maximum atomic E-state index is 12.7. The average Bonchev–Trinajstić information content (AvgIpc) is 2.61. The molecule has 0 saturated heterocycles. The summed E-state index contributed by atoms with van der Waals surface area (Å²) >= 11 is 6.13. The molecule has 0 radical (unpaired) electrons. The Balaban J connectivity index is 2.05. The summed E-state index contributed by atoms with van der Waals surface area (Å²) in [6.45, 7) is 0. The molecule has 134 valence electrons. The van der Waals surface area contributed by atoms with Crippen LogP contribution in [0.1, 0.15) is 10.4 Å². The zero-order valence-electron chi connectivity index (χ0n) is 13.6. The average molecular weight is 392 g/mol. The van der Waals surface area contributed by atoms with Crippen LogP contribution in [-0.4, -0.2) is 26.4 Å². The largest absolute Gasteiger partial charge is 0.496 e. The van der Waals surface area contributed by atoms with Crippen molar-refractivity contribution in [3.8, 4) is 5.75 Å². The van der Waals surface area contributed by atoms with Gasteiger partial charge in [0, 0.05) is 11.6 Å². The van der Waals surface area contributed by atoms with Gasteiger partial charge < -0.3 is 10.1 Å². The van der Waals surface area contributed by atoms with Crippen LogP contribution in [0.3, 0.4) is 0 Å². The molecule has 3 aromatic rings. The molecule has 2 aromatic carbocycles. The van der Waals surface area contributed by atoms with E-state index < -0.39 is 15.9 Å². The van der Waals surface area contributed by atoms with Gasteiger partial charge in [-0.1, -0.05) is 23.7 Å². The molecule has 3 N–H and O–H groups in total. The molecule has 0 spiro atoms. The fourth-order valence-corrected chi connectivity index (χ4v) is 3.24. The second kappa shape index (κ2) is 6.91. The highest BCUT2D eigenvalue weighted by molar-refractivity contribution is 7.89. The number of rotatable bonds is 4. The molecular formula is C17H14ClN3O4S. The summed E-state index contributed by atoms with van der Waals surface area (Å²) < 4.78 is 28.3. The Bertz CT molecular complexity index is 1120. The van der Waals surface area contributed by atoms with Gasteiger partial charge in [-0.25, -0.2) is 13.6 Å². The minimum absolute atomic E-state index is 0.0333. The molecule has 7 nitrogen and oxygen atoms in total. The van der Waals surface area contributed by atoms with Crippen molar-refractivity contribution in [3.63, 3.8) is 0 Å². The number of fused-ring (bicyclic) bond motifs is 1. The van der Waals surface area contributed by atoms with Crippen LogP contribution < -0.4 is 15.2 Å². The van der Waals surface area contributed by atoms with Gasteiger partial charge >= 0.3 is 0 Å². The number of ether oxygens (including phenoxy) is 1. The predicted octanol–water partition coefficient (Wildman–Crippen LogP) is 2.80. The quantitative estimate of drug-likeness (QED) is 0.710. The van der Waals surface area contributed by atoms with Crippen molar-refractivity contribution in [2.24, 2.45) is 5.14 Å². The van der Waals surface area contributed by atoms with Crippen molar-refractivity contribution in [1.82, 2.24) is 4.98 Å². The maximum Gasteiger partial charge on any atom is 0.259 e. The molecule has 1 heterocycles. The molecule has 0 aliphatic rings. The summed E-state index contributed by atoms with van der Waals surface area (Å²) in [5.41, 5.74) is 1.05. The number of primary sulfonamides is 1. The number of carbonyl (C=O) groups is 1. The number of anilines is 1. The van der Waals surface area contributed by atoms with Crippen molar-refractivity contribution in [3.05, 3.63) is 59.2 Å². The third-order valence-electron chi connectivity index (χ3n) is 3.71. The van der Waals surface area contributed by atoms with Crippen LogP contribution >= 0.6 is 11.6 Å². The number of hydrogen-bond donors (Lipinski definition) is 2. The molecule has 1 amide bonds. The third kappa shape index (κ3) is 3.48. The van der Waals surface area contributed by atoms with Crippen LogP contribution in [0.5, 0.6) is 5.75 Å². The van der Waals surface area contributed by atoms with Crippen LogP contribution in [0.25, 0.3) is 10.9 Å². The Hall–Kier alpha value is -2.68.